The van der Waals surface area contributed by atoms with Crippen LogP contribution in [0.25, 0.3) is 10.9 Å². The van der Waals surface area contributed by atoms with Gasteiger partial charge in [-0.25, -0.2) is 0 Å². The fourth-order valence-corrected chi connectivity index (χ4v) is 2.63. The van der Waals surface area contributed by atoms with Gasteiger partial charge in [-0.1, -0.05) is 19.1 Å². The molecule has 3 aromatic rings. The number of carbonyl (C=O) groups excluding carboxylic acids is 1. The van der Waals surface area contributed by atoms with Crippen LogP contribution in [0, 0.1) is 0 Å². The van der Waals surface area contributed by atoms with Gasteiger partial charge >= 0.3 is 0 Å². The average Bonchev–Trinajstić information content (AvgIpc) is 2.66. The molecule has 0 saturated heterocycles. The summed E-state index contributed by atoms with van der Waals surface area (Å²) in [4.78, 5) is 15.8. The molecule has 0 aliphatic heterocycles. The van der Waals surface area contributed by atoms with Crippen molar-refractivity contribution in [1.29, 1.82) is 0 Å². The van der Waals surface area contributed by atoms with E-state index in [1.165, 1.54) is 6.20 Å². The molecule has 0 amide bonds. The van der Waals surface area contributed by atoms with Gasteiger partial charge in [0.05, 0.1) is 36.6 Å². The van der Waals surface area contributed by atoms with Crippen molar-refractivity contribution in [2.24, 2.45) is 0 Å². The van der Waals surface area contributed by atoms with Crippen molar-refractivity contribution in [3.05, 3.63) is 54.2 Å². The number of ether oxygens (including phenoxy) is 2. The van der Waals surface area contributed by atoms with Gasteiger partial charge in [-0.3, -0.25) is 4.98 Å². The first-order valence-electron chi connectivity index (χ1n) is 8.31. The fraction of sp³-hybridized carbons (Fsp3) is 0.200. The van der Waals surface area contributed by atoms with Crippen LogP contribution in [0.5, 0.6) is 11.5 Å². The number of carbonyl (C=O) groups is 1. The number of methoxy groups -OCH3 is 1. The smallest absolute Gasteiger partial charge is 0.142 e. The molecular weight excluding hydrogens is 332 g/mol. The van der Waals surface area contributed by atoms with Gasteiger partial charge in [-0.15, -0.1) is 0 Å². The average molecular weight is 351 g/mol. The van der Waals surface area contributed by atoms with E-state index >= 15 is 0 Å². The minimum absolute atomic E-state index is 0.0314. The van der Waals surface area contributed by atoms with Crippen molar-refractivity contribution in [3.63, 3.8) is 0 Å². The highest BCUT2D eigenvalue weighted by Gasteiger charge is 2.13. The number of carboxylic acids is 1. The minimum Gasteiger partial charge on any atom is -0.545 e. The van der Waals surface area contributed by atoms with E-state index in [0.29, 0.717) is 40.4 Å². The number of carboxylic acid groups (broad SMARTS) is 1. The third-order valence-electron chi connectivity index (χ3n) is 3.90. The first kappa shape index (κ1) is 17.5. The molecule has 3 rings (SSSR count). The molecule has 0 aliphatic rings. The Balaban J connectivity index is 2.14. The van der Waals surface area contributed by atoms with Crippen LogP contribution in [0.4, 0.5) is 11.4 Å². The van der Waals surface area contributed by atoms with Gasteiger partial charge in [-0.2, -0.15) is 0 Å². The maximum Gasteiger partial charge on any atom is 0.142 e. The highest BCUT2D eigenvalue weighted by atomic mass is 16.5. The van der Waals surface area contributed by atoms with E-state index in [-0.39, 0.29) is 5.56 Å². The highest BCUT2D eigenvalue weighted by molar-refractivity contribution is 6.05. The molecular formula is C20H19N2O4-. The Morgan fingerprint density at radius 2 is 2.04 bits per heavy atom. The molecule has 1 heterocycles. The predicted molar refractivity (Wildman–Crippen MR) is 98.1 cm³/mol. The summed E-state index contributed by atoms with van der Waals surface area (Å²) >= 11 is 0. The van der Waals surface area contributed by atoms with E-state index in [0.717, 1.165) is 6.42 Å². The van der Waals surface area contributed by atoms with Crippen LogP contribution in [0.15, 0.2) is 48.7 Å². The highest BCUT2D eigenvalue weighted by Crippen LogP contribution is 2.34. The Morgan fingerprint density at radius 3 is 2.77 bits per heavy atom. The number of benzene rings is 2. The standard InChI is InChI=1S/C20H20N2O4/c1-3-10-26-18-7-5-4-6-17(18)22-19-14-11-13(25-2)8-9-16(14)21-12-15(19)20(23)24/h4-9,11-12H,3,10H2,1-2H3,(H,21,22)(H,23,24)/p-1. The summed E-state index contributed by atoms with van der Waals surface area (Å²) in [6, 6.07) is 12.7. The Morgan fingerprint density at radius 1 is 1.23 bits per heavy atom. The second-order valence-electron chi connectivity index (χ2n) is 5.69. The van der Waals surface area contributed by atoms with Gasteiger partial charge in [0.25, 0.3) is 0 Å². The number of fused-ring (bicyclic) bond motifs is 1. The van der Waals surface area contributed by atoms with E-state index in [1.54, 1.807) is 25.3 Å². The fourth-order valence-electron chi connectivity index (χ4n) is 2.63. The van der Waals surface area contributed by atoms with Crippen LogP contribution in [-0.2, 0) is 0 Å². The molecule has 1 aromatic heterocycles. The van der Waals surface area contributed by atoms with E-state index in [1.807, 2.05) is 31.2 Å². The number of hydrogen-bond acceptors (Lipinski definition) is 6. The monoisotopic (exact) mass is 351 g/mol. The second kappa shape index (κ2) is 7.74. The SMILES string of the molecule is CCCOc1ccccc1Nc1c(C(=O)[O-])cnc2ccc(OC)cc12. The topological polar surface area (TPSA) is 83.5 Å². The number of para-hydroxylation sites is 2. The molecule has 0 radical (unpaired) electrons. The molecule has 0 unspecified atom stereocenters. The zero-order valence-corrected chi connectivity index (χ0v) is 14.6. The lowest BCUT2D eigenvalue weighted by Gasteiger charge is -2.18. The first-order valence-corrected chi connectivity index (χ1v) is 8.31. The number of aromatic carboxylic acids is 1. The molecule has 26 heavy (non-hydrogen) atoms. The summed E-state index contributed by atoms with van der Waals surface area (Å²) < 4.78 is 11.0. The van der Waals surface area contributed by atoms with Crippen molar-refractivity contribution in [1.82, 2.24) is 4.98 Å². The van der Waals surface area contributed by atoms with Gasteiger partial charge in [0, 0.05) is 17.1 Å². The minimum atomic E-state index is -1.31. The molecule has 0 atom stereocenters. The number of hydrogen-bond donors (Lipinski definition) is 1. The molecule has 0 spiro atoms. The van der Waals surface area contributed by atoms with Crippen LogP contribution in [0.2, 0.25) is 0 Å². The number of pyridine rings is 1. The summed E-state index contributed by atoms with van der Waals surface area (Å²) in [5, 5.41) is 15.4. The summed E-state index contributed by atoms with van der Waals surface area (Å²) in [6.07, 6.45) is 2.16. The van der Waals surface area contributed by atoms with Crippen LogP contribution < -0.4 is 19.9 Å². The third-order valence-corrected chi connectivity index (χ3v) is 3.90. The summed E-state index contributed by atoms with van der Waals surface area (Å²) in [5.41, 5.74) is 1.67. The van der Waals surface area contributed by atoms with Crippen LogP contribution >= 0.6 is 0 Å². The van der Waals surface area contributed by atoms with Gasteiger partial charge in [0.15, 0.2) is 0 Å². The number of anilines is 2. The van der Waals surface area contributed by atoms with E-state index in [9.17, 15) is 9.90 Å². The number of nitrogens with one attached hydrogen (secondary N) is 1. The van der Waals surface area contributed by atoms with Crippen molar-refractivity contribution in [3.8, 4) is 11.5 Å². The zero-order chi connectivity index (χ0) is 18.5. The van der Waals surface area contributed by atoms with Crippen molar-refractivity contribution >= 4 is 28.2 Å². The predicted octanol–water partition coefficient (Wildman–Crippen LogP) is 3.14. The maximum atomic E-state index is 11.6. The van der Waals surface area contributed by atoms with Crippen molar-refractivity contribution in [2.75, 3.05) is 19.0 Å². The lowest BCUT2D eigenvalue weighted by molar-refractivity contribution is -0.254. The number of rotatable bonds is 7. The molecule has 0 aliphatic carbocycles. The molecule has 1 N–H and O–H groups in total. The van der Waals surface area contributed by atoms with Crippen LogP contribution in [-0.4, -0.2) is 24.7 Å². The summed E-state index contributed by atoms with van der Waals surface area (Å²) in [7, 11) is 1.55. The van der Waals surface area contributed by atoms with Crippen LogP contribution in [0.1, 0.15) is 23.7 Å². The lowest BCUT2D eigenvalue weighted by Crippen LogP contribution is -2.23. The molecule has 6 nitrogen and oxygen atoms in total. The van der Waals surface area contributed by atoms with Gasteiger partial charge < -0.3 is 24.7 Å². The lowest BCUT2D eigenvalue weighted by atomic mass is 10.1. The quantitative estimate of drug-likeness (QED) is 0.704. The second-order valence-corrected chi connectivity index (χ2v) is 5.69. The molecule has 134 valence electrons. The molecule has 2 aromatic carbocycles. The maximum absolute atomic E-state index is 11.6. The van der Waals surface area contributed by atoms with Gasteiger partial charge in [-0.05, 0) is 36.8 Å². The Hall–Kier alpha value is -3.28. The molecule has 0 fully saturated rings. The van der Waals surface area contributed by atoms with Crippen LogP contribution in [0.3, 0.4) is 0 Å². The first-order chi connectivity index (χ1) is 12.6. The summed E-state index contributed by atoms with van der Waals surface area (Å²) in [6.45, 7) is 2.59. The Labute approximate surface area is 151 Å². The number of aromatic nitrogens is 1. The third kappa shape index (κ3) is 3.54. The number of nitrogens with zero attached hydrogens (tertiary/aromatic N) is 1. The van der Waals surface area contributed by atoms with Gasteiger partial charge in [0.1, 0.15) is 11.5 Å². The van der Waals surface area contributed by atoms with Crippen molar-refractivity contribution in [2.45, 2.75) is 13.3 Å². The zero-order valence-electron chi connectivity index (χ0n) is 14.6. The normalized spacial score (nSPS) is 10.5. The van der Waals surface area contributed by atoms with E-state index < -0.39 is 5.97 Å². The summed E-state index contributed by atoms with van der Waals surface area (Å²) in [5.74, 6) is -0.0588. The molecule has 0 saturated carbocycles. The Bertz CT molecular complexity index is 940. The van der Waals surface area contributed by atoms with Crippen molar-refractivity contribution < 1.29 is 19.4 Å². The molecule has 6 heteroatoms. The van der Waals surface area contributed by atoms with E-state index in [4.69, 9.17) is 9.47 Å². The van der Waals surface area contributed by atoms with E-state index in [2.05, 4.69) is 10.3 Å². The van der Waals surface area contributed by atoms with Gasteiger partial charge in [0.2, 0.25) is 0 Å². The Kier molecular flexibility index (Phi) is 5.22. The largest absolute Gasteiger partial charge is 0.545 e. The molecule has 0 bridgehead atoms.